The number of hydrogen-bond donors (Lipinski definition) is 1. The molecular formula is C23H21NO3PS+. The Morgan fingerprint density at radius 2 is 1.31 bits per heavy atom. The van der Waals surface area contributed by atoms with Gasteiger partial charge in [0.1, 0.15) is 22.0 Å². The molecule has 1 fully saturated rings. The van der Waals surface area contributed by atoms with Crippen molar-refractivity contribution in [1.29, 1.82) is 0 Å². The molecule has 1 N–H and O–H groups in total. The highest BCUT2D eigenvalue weighted by atomic mass is 32.2. The summed E-state index contributed by atoms with van der Waals surface area (Å²) >= 11 is 1.11. The van der Waals surface area contributed by atoms with Crippen LogP contribution in [0.4, 0.5) is 4.79 Å². The maximum Gasteiger partial charge on any atom is 0.332 e. The monoisotopic (exact) mass is 422 g/mol. The van der Waals surface area contributed by atoms with Gasteiger partial charge in [0.2, 0.25) is 6.35 Å². The highest BCUT2D eigenvalue weighted by Crippen LogP contribution is 2.55. The lowest BCUT2D eigenvalue weighted by Crippen LogP contribution is -2.39. The normalized spacial score (nSPS) is 16.3. The molecule has 4 nitrogen and oxygen atoms in total. The fourth-order valence-corrected chi connectivity index (χ4v) is 7.96. The van der Waals surface area contributed by atoms with Crippen LogP contribution in [0.5, 0.6) is 0 Å². The molecule has 1 amide bonds. The Kier molecular flexibility index (Phi) is 5.98. The summed E-state index contributed by atoms with van der Waals surface area (Å²) in [4.78, 5) is 24.2. The predicted octanol–water partition coefficient (Wildman–Crippen LogP) is 3.31. The number of rotatable bonds is 6. The summed E-state index contributed by atoms with van der Waals surface area (Å²) in [6, 6.07) is 30.1. The summed E-state index contributed by atoms with van der Waals surface area (Å²) in [5.74, 6) is 0.0287. The summed E-state index contributed by atoms with van der Waals surface area (Å²) in [5, 5.41) is 5.94. The minimum Gasteiger partial charge on any atom is -0.427 e. The van der Waals surface area contributed by atoms with Crippen LogP contribution in [0.15, 0.2) is 91.0 Å². The van der Waals surface area contributed by atoms with Gasteiger partial charge < -0.3 is 10.1 Å². The molecule has 0 aromatic heterocycles. The zero-order chi connectivity index (χ0) is 20.1. The van der Waals surface area contributed by atoms with Crippen LogP contribution in [0.2, 0.25) is 0 Å². The van der Waals surface area contributed by atoms with Crippen molar-refractivity contribution >= 4 is 46.1 Å². The Morgan fingerprint density at radius 1 is 0.862 bits per heavy atom. The summed E-state index contributed by atoms with van der Waals surface area (Å²) in [6.45, 7) is 0. The van der Waals surface area contributed by atoms with Crippen LogP contribution in [0.3, 0.4) is 0 Å². The second kappa shape index (κ2) is 8.81. The van der Waals surface area contributed by atoms with E-state index < -0.39 is 13.3 Å². The number of ether oxygens (including phenoxy) is 1. The van der Waals surface area contributed by atoms with Gasteiger partial charge >= 0.3 is 5.97 Å². The van der Waals surface area contributed by atoms with E-state index in [9.17, 15) is 9.59 Å². The summed E-state index contributed by atoms with van der Waals surface area (Å²) in [7, 11) is -2.23. The van der Waals surface area contributed by atoms with Gasteiger partial charge in [-0.3, -0.25) is 4.79 Å². The number of amides is 1. The molecule has 0 saturated carbocycles. The van der Waals surface area contributed by atoms with E-state index in [1.54, 1.807) is 0 Å². The summed E-state index contributed by atoms with van der Waals surface area (Å²) < 4.78 is 5.89. The van der Waals surface area contributed by atoms with Crippen LogP contribution >= 0.6 is 19.0 Å². The fraction of sp³-hybridized carbons (Fsp3) is 0.130. The van der Waals surface area contributed by atoms with Crippen molar-refractivity contribution in [3.8, 4) is 0 Å². The van der Waals surface area contributed by atoms with E-state index in [0.717, 1.165) is 27.7 Å². The quantitative estimate of drug-likeness (QED) is 0.489. The topological polar surface area (TPSA) is 55.4 Å². The third kappa shape index (κ3) is 4.07. The Balaban J connectivity index is 1.77. The average molecular weight is 422 g/mol. The largest absolute Gasteiger partial charge is 0.427 e. The van der Waals surface area contributed by atoms with Gasteiger partial charge in [-0.2, -0.15) is 0 Å². The van der Waals surface area contributed by atoms with Gasteiger partial charge in [0.15, 0.2) is 7.26 Å². The van der Waals surface area contributed by atoms with Crippen molar-refractivity contribution < 1.29 is 14.3 Å². The highest BCUT2D eigenvalue weighted by Gasteiger charge is 2.47. The first-order valence-electron chi connectivity index (χ1n) is 9.35. The molecule has 6 heteroatoms. The number of thioether (sulfide) groups is 1. The van der Waals surface area contributed by atoms with E-state index >= 15 is 0 Å². The third-order valence-corrected chi connectivity index (χ3v) is 9.88. The van der Waals surface area contributed by atoms with Crippen LogP contribution in [-0.4, -0.2) is 29.4 Å². The van der Waals surface area contributed by atoms with Crippen molar-refractivity contribution in [2.45, 2.75) is 6.04 Å². The van der Waals surface area contributed by atoms with Crippen LogP contribution in [-0.2, 0) is 9.53 Å². The standard InChI is InChI=1S/C23H20NO3PS/c25-22(21-16-29-23(26)24-21)27-17-28(18-10-4-1-5-11-18,19-12-6-2-7-13-19)20-14-8-3-9-15-20/h1-15,21H,16-17H2/p+1. The lowest BCUT2D eigenvalue weighted by Gasteiger charge is -2.27. The molecular weight excluding hydrogens is 401 g/mol. The fourth-order valence-electron chi connectivity index (χ4n) is 3.49. The highest BCUT2D eigenvalue weighted by molar-refractivity contribution is 8.14. The first kappa shape index (κ1) is 19.7. The van der Waals surface area contributed by atoms with Gasteiger partial charge in [-0.1, -0.05) is 66.4 Å². The number of hydrogen-bond acceptors (Lipinski definition) is 4. The van der Waals surface area contributed by atoms with Gasteiger partial charge in [-0.15, -0.1) is 0 Å². The molecule has 0 radical (unpaired) electrons. The summed E-state index contributed by atoms with van der Waals surface area (Å²) in [5.41, 5.74) is 0. The molecule has 0 aliphatic carbocycles. The smallest absolute Gasteiger partial charge is 0.332 e. The Hall–Kier alpha value is -2.62. The molecule has 146 valence electrons. The van der Waals surface area contributed by atoms with Crippen molar-refractivity contribution in [2.75, 3.05) is 12.1 Å². The van der Waals surface area contributed by atoms with Crippen molar-refractivity contribution in [2.24, 2.45) is 0 Å². The molecule has 29 heavy (non-hydrogen) atoms. The lowest BCUT2D eigenvalue weighted by atomic mass is 10.3. The second-order valence-electron chi connectivity index (χ2n) is 6.70. The van der Waals surface area contributed by atoms with E-state index in [1.807, 2.05) is 54.6 Å². The first-order valence-corrected chi connectivity index (χ1v) is 12.3. The van der Waals surface area contributed by atoms with Gasteiger partial charge in [0.05, 0.1) is 0 Å². The summed E-state index contributed by atoms with van der Waals surface area (Å²) in [6.07, 6.45) is 0.251. The second-order valence-corrected chi connectivity index (χ2v) is 11.1. The van der Waals surface area contributed by atoms with E-state index in [-0.39, 0.29) is 17.6 Å². The number of esters is 1. The minimum absolute atomic E-state index is 0.179. The van der Waals surface area contributed by atoms with Crippen LogP contribution in [0, 0.1) is 0 Å². The maximum atomic E-state index is 12.7. The Labute approximate surface area is 175 Å². The number of carbonyl (C=O) groups excluding carboxylic acids is 2. The zero-order valence-electron chi connectivity index (χ0n) is 15.7. The number of benzene rings is 3. The van der Waals surface area contributed by atoms with E-state index in [4.69, 9.17) is 4.74 Å². The molecule has 0 bridgehead atoms. The van der Waals surface area contributed by atoms with E-state index in [1.165, 1.54) is 0 Å². The maximum absolute atomic E-state index is 12.7. The first-order chi connectivity index (χ1) is 14.2. The number of carbonyl (C=O) groups is 2. The molecule has 1 saturated heterocycles. The Morgan fingerprint density at radius 3 is 1.69 bits per heavy atom. The molecule has 1 unspecified atom stereocenters. The molecule has 1 aliphatic rings. The van der Waals surface area contributed by atoms with Gasteiger partial charge in [-0.05, 0) is 36.4 Å². The van der Waals surface area contributed by atoms with E-state index in [0.29, 0.717) is 5.75 Å². The minimum atomic E-state index is -2.23. The molecule has 1 atom stereocenters. The molecule has 3 aromatic carbocycles. The van der Waals surface area contributed by atoms with Crippen LogP contribution in [0.1, 0.15) is 0 Å². The van der Waals surface area contributed by atoms with Gasteiger partial charge in [0.25, 0.3) is 5.24 Å². The number of nitrogens with one attached hydrogen (secondary N) is 1. The third-order valence-electron chi connectivity index (χ3n) is 4.95. The zero-order valence-corrected chi connectivity index (χ0v) is 17.4. The van der Waals surface area contributed by atoms with Gasteiger partial charge in [-0.25, -0.2) is 4.79 Å². The van der Waals surface area contributed by atoms with Crippen molar-refractivity contribution in [3.63, 3.8) is 0 Å². The molecule has 4 rings (SSSR count). The Bertz CT molecular complexity index is 886. The molecule has 1 heterocycles. The van der Waals surface area contributed by atoms with E-state index in [2.05, 4.69) is 41.7 Å². The lowest BCUT2D eigenvalue weighted by molar-refractivity contribution is -0.142. The molecule has 1 aliphatic heterocycles. The van der Waals surface area contributed by atoms with Gasteiger partial charge in [0, 0.05) is 5.75 Å². The van der Waals surface area contributed by atoms with Crippen molar-refractivity contribution in [3.05, 3.63) is 91.0 Å². The van der Waals surface area contributed by atoms with Crippen molar-refractivity contribution in [1.82, 2.24) is 5.32 Å². The SMILES string of the molecule is O=C1NC(C(=O)OC[P+](c2ccccc2)(c2ccccc2)c2ccccc2)CS1. The molecule has 0 spiro atoms. The average Bonchev–Trinajstić information content (AvgIpc) is 3.23. The molecule has 3 aromatic rings. The predicted molar refractivity (Wildman–Crippen MR) is 121 cm³/mol. The van der Waals surface area contributed by atoms with Crippen LogP contribution < -0.4 is 21.2 Å². The van der Waals surface area contributed by atoms with Crippen LogP contribution in [0.25, 0.3) is 0 Å².